The summed E-state index contributed by atoms with van der Waals surface area (Å²) in [6, 6.07) is 0. The summed E-state index contributed by atoms with van der Waals surface area (Å²) in [7, 11) is 0. The van der Waals surface area contributed by atoms with Crippen LogP contribution in [-0.4, -0.2) is 5.78 Å². The number of allylic oxidation sites excluding steroid dienone is 13. The lowest BCUT2D eigenvalue weighted by Crippen LogP contribution is -2.32. The predicted molar refractivity (Wildman–Crippen MR) is 145 cm³/mol. The van der Waals surface area contributed by atoms with Crippen LogP contribution in [0.25, 0.3) is 0 Å². The first kappa shape index (κ1) is 29.9. The summed E-state index contributed by atoms with van der Waals surface area (Å²) in [6.45, 7) is 23.6. The first-order valence-corrected chi connectivity index (χ1v) is 12.4. The molecule has 0 saturated carbocycles. The third-order valence-electron chi connectivity index (χ3n) is 5.57. The van der Waals surface area contributed by atoms with Gasteiger partial charge in [-0.25, -0.2) is 0 Å². The minimum Gasteiger partial charge on any atom is -0.290 e. The van der Waals surface area contributed by atoms with E-state index < -0.39 is 5.41 Å². The van der Waals surface area contributed by atoms with Gasteiger partial charge in [-0.15, -0.1) is 0 Å². The lowest BCUT2D eigenvalue weighted by atomic mass is 9.62. The molecule has 0 heterocycles. The van der Waals surface area contributed by atoms with E-state index in [1.54, 1.807) is 6.08 Å². The molecule has 0 fully saturated rings. The first-order valence-electron chi connectivity index (χ1n) is 12.4. The molecule has 0 bridgehead atoms. The molecule has 0 aliphatic carbocycles. The highest BCUT2D eigenvalue weighted by atomic mass is 16.1. The van der Waals surface area contributed by atoms with Crippen LogP contribution in [0.2, 0.25) is 0 Å². The maximum Gasteiger partial charge on any atom is 0.183 e. The van der Waals surface area contributed by atoms with Crippen LogP contribution in [0.4, 0.5) is 0 Å². The monoisotopic (exact) mass is 436 g/mol. The van der Waals surface area contributed by atoms with Crippen LogP contribution in [-0.2, 0) is 4.79 Å². The Morgan fingerprint density at radius 3 is 2.03 bits per heavy atom. The first-order chi connectivity index (χ1) is 15.1. The highest BCUT2D eigenvalue weighted by molar-refractivity contribution is 6.07. The van der Waals surface area contributed by atoms with Gasteiger partial charge in [0, 0.05) is 11.0 Å². The molecule has 0 radical (unpaired) electrons. The molecule has 178 valence electrons. The largest absolute Gasteiger partial charge is 0.290 e. The van der Waals surface area contributed by atoms with Crippen LogP contribution in [0.5, 0.6) is 0 Å². The van der Waals surface area contributed by atoms with E-state index in [1.807, 2.05) is 13.0 Å². The Kier molecular flexibility index (Phi) is 14.6. The van der Waals surface area contributed by atoms with Gasteiger partial charge in [0.2, 0.25) is 0 Å². The van der Waals surface area contributed by atoms with Gasteiger partial charge in [0.25, 0.3) is 0 Å². The fourth-order valence-corrected chi connectivity index (χ4v) is 4.13. The number of carbonyl (C=O) groups excluding carboxylic acids is 1. The van der Waals surface area contributed by atoms with E-state index in [9.17, 15) is 4.79 Å². The second kappa shape index (κ2) is 15.6. The molecule has 0 saturated heterocycles. The SMILES string of the molecule is C=C(C)C(CCC)(C(C=CCC)=C(C)C)C(C(=O)/C=C/C)=C(C=CCCC)C=CC(C)C. The van der Waals surface area contributed by atoms with Gasteiger partial charge in [-0.05, 0) is 70.1 Å². The average molecular weight is 437 g/mol. The standard InChI is InChI=1S/C31H48O/c1-11-15-17-19-27(22-21-24(5)6)30(29(32)18-13-3)31(23-14-4,26(9)10)28(25(7)8)20-16-12-2/h13,16-22,24H,9,11-12,14-15,23H2,1-8,10H3/b18-13+,19-17?,20-16?,22-21?,30-27?. The molecule has 1 heteroatoms. The Morgan fingerprint density at radius 1 is 0.938 bits per heavy atom. The van der Waals surface area contributed by atoms with Crippen LogP contribution in [0.3, 0.4) is 0 Å². The highest BCUT2D eigenvalue weighted by Crippen LogP contribution is 2.50. The quantitative estimate of drug-likeness (QED) is 0.150. The third kappa shape index (κ3) is 8.41. The van der Waals surface area contributed by atoms with E-state index >= 15 is 0 Å². The van der Waals surface area contributed by atoms with Crippen LogP contribution < -0.4 is 0 Å². The molecule has 0 spiro atoms. The summed E-state index contributed by atoms with van der Waals surface area (Å²) in [5.74, 6) is 0.466. The van der Waals surface area contributed by atoms with Crippen molar-refractivity contribution in [1.29, 1.82) is 0 Å². The van der Waals surface area contributed by atoms with Gasteiger partial charge in [-0.1, -0.05) is 108 Å². The predicted octanol–water partition coefficient (Wildman–Crippen LogP) is 9.66. The number of hydrogen-bond acceptors (Lipinski definition) is 1. The van der Waals surface area contributed by atoms with Crippen molar-refractivity contribution in [2.24, 2.45) is 11.3 Å². The Balaban J connectivity index is 7.75. The smallest absolute Gasteiger partial charge is 0.183 e. The maximum atomic E-state index is 13.8. The molecule has 0 amide bonds. The molecule has 32 heavy (non-hydrogen) atoms. The normalized spacial score (nSPS) is 15.2. The lowest BCUT2D eigenvalue weighted by Gasteiger charge is -2.40. The number of carbonyl (C=O) groups is 1. The van der Waals surface area contributed by atoms with E-state index in [2.05, 4.69) is 98.4 Å². The molecule has 0 aromatic carbocycles. The summed E-state index contributed by atoms with van der Waals surface area (Å²) in [5.41, 5.74) is 4.73. The molecule has 1 unspecified atom stereocenters. The maximum absolute atomic E-state index is 13.8. The molecule has 1 atom stereocenters. The third-order valence-corrected chi connectivity index (χ3v) is 5.57. The fraction of sp³-hybridized carbons (Fsp3) is 0.516. The van der Waals surface area contributed by atoms with Crippen molar-refractivity contribution in [3.05, 3.63) is 83.1 Å². The van der Waals surface area contributed by atoms with Gasteiger partial charge in [0.1, 0.15) is 0 Å². The van der Waals surface area contributed by atoms with Crippen molar-refractivity contribution in [1.82, 2.24) is 0 Å². The van der Waals surface area contributed by atoms with E-state index in [1.165, 1.54) is 11.1 Å². The number of hydrogen-bond donors (Lipinski definition) is 0. The van der Waals surface area contributed by atoms with E-state index in [-0.39, 0.29) is 5.78 Å². The van der Waals surface area contributed by atoms with Crippen molar-refractivity contribution >= 4 is 5.78 Å². The summed E-state index contributed by atoms with van der Waals surface area (Å²) < 4.78 is 0. The van der Waals surface area contributed by atoms with Crippen molar-refractivity contribution in [3.63, 3.8) is 0 Å². The molecule has 0 aromatic rings. The molecule has 0 rings (SSSR count). The van der Waals surface area contributed by atoms with E-state index in [0.717, 1.165) is 48.8 Å². The minimum atomic E-state index is -0.539. The zero-order chi connectivity index (χ0) is 24.7. The molecular weight excluding hydrogens is 388 g/mol. The van der Waals surface area contributed by atoms with Gasteiger partial charge < -0.3 is 0 Å². The second-order valence-electron chi connectivity index (χ2n) is 9.15. The van der Waals surface area contributed by atoms with Crippen molar-refractivity contribution in [2.75, 3.05) is 0 Å². The summed E-state index contributed by atoms with van der Waals surface area (Å²) in [6.07, 6.45) is 21.5. The average Bonchev–Trinajstić information content (AvgIpc) is 2.71. The van der Waals surface area contributed by atoms with Gasteiger partial charge >= 0.3 is 0 Å². The molecule has 0 N–H and O–H groups in total. The van der Waals surface area contributed by atoms with Crippen LogP contribution in [0.1, 0.15) is 94.4 Å². The zero-order valence-corrected chi connectivity index (χ0v) is 22.3. The lowest BCUT2D eigenvalue weighted by molar-refractivity contribution is -0.112. The van der Waals surface area contributed by atoms with Gasteiger partial charge in [-0.2, -0.15) is 0 Å². The Hall–Kier alpha value is -2.15. The molecule has 0 aromatic heterocycles. The van der Waals surface area contributed by atoms with Crippen molar-refractivity contribution < 1.29 is 4.79 Å². The Morgan fingerprint density at radius 2 is 1.59 bits per heavy atom. The summed E-state index contributed by atoms with van der Waals surface area (Å²) >= 11 is 0. The number of rotatable bonds is 14. The van der Waals surface area contributed by atoms with Crippen molar-refractivity contribution in [2.45, 2.75) is 94.4 Å². The van der Waals surface area contributed by atoms with Gasteiger partial charge in [0.15, 0.2) is 5.78 Å². The zero-order valence-electron chi connectivity index (χ0n) is 22.3. The van der Waals surface area contributed by atoms with Gasteiger partial charge in [0.05, 0.1) is 0 Å². The summed E-state index contributed by atoms with van der Waals surface area (Å²) in [4.78, 5) is 13.8. The molecular formula is C31H48O. The fourth-order valence-electron chi connectivity index (χ4n) is 4.13. The topological polar surface area (TPSA) is 17.1 Å². The van der Waals surface area contributed by atoms with Crippen LogP contribution in [0, 0.1) is 11.3 Å². The van der Waals surface area contributed by atoms with Gasteiger partial charge in [-0.3, -0.25) is 4.79 Å². The van der Waals surface area contributed by atoms with Crippen LogP contribution >= 0.6 is 0 Å². The Labute approximate surface area is 199 Å². The van der Waals surface area contributed by atoms with Crippen molar-refractivity contribution in [3.8, 4) is 0 Å². The Bertz CT molecular complexity index is 788. The molecule has 0 aliphatic heterocycles. The highest BCUT2D eigenvalue weighted by Gasteiger charge is 2.41. The minimum absolute atomic E-state index is 0.0668. The summed E-state index contributed by atoms with van der Waals surface area (Å²) in [5, 5.41) is 0. The number of ketones is 1. The second-order valence-corrected chi connectivity index (χ2v) is 9.15. The number of unbranched alkanes of at least 4 members (excludes halogenated alkanes) is 1. The van der Waals surface area contributed by atoms with E-state index in [0.29, 0.717) is 5.92 Å². The molecule has 0 aliphatic rings. The molecule has 1 nitrogen and oxygen atoms in total. The van der Waals surface area contributed by atoms with E-state index in [4.69, 9.17) is 0 Å². The van der Waals surface area contributed by atoms with Crippen LogP contribution in [0.15, 0.2) is 83.1 Å².